The number of fused-ring (bicyclic) bond motifs is 1. The van der Waals surface area contributed by atoms with Gasteiger partial charge in [-0.2, -0.15) is 0 Å². The van der Waals surface area contributed by atoms with Gasteiger partial charge in [0.05, 0.1) is 10.9 Å². The van der Waals surface area contributed by atoms with Crippen LogP contribution >= 0.6 is 0 Å². The van der Waals surface area contributed by atoms with Crippen molar-refractivity contribution in [2.24, 2.45) is 4.99 Å². The number of rotatable bonds is 1. The predicted molar refractivity (Wildman–Crippen MR) is 43.7 cm³/mol. The Labute approximate surface area is 72.8 Å². The monoisotopic (exact) mass is 175 g/mol. The summed E-state index contributed by atoms with van der Waals surface area (Å²) in [6.45, 7) is 0. The predicted octanol–water partition coefficient (Wildman–Crippen LogP) is -0.675. The minimum Gasteiger partial charge on any atom is -0.478 e. The number of hydrogen-bond donors (Lipinski definition) is 1. The van der Waals surface area contributed by atoms with E-state index in [9.17, 15) is 9.59 Å². The van der Waals surface area contributed by atoms with E-state index in [0.29, 0.717) is 10.6 Å². The molecule has 0 spiro atoms. The normalized spacial score (nSPS) is 13.1. The van der Waals surface area contributed by atoms with Crippen LogP contribution in [0.1, 0.15) is 10.4 Å². The molecule has 1 aromatic carbocycles. The molecule has 0 saturated heterocycles. The highest BCUT2D eigenvalue weighted by Gasteiger charge is 2.10. The van der Waals surface area contributed by atoms with Crippen molar-refractivity contribution in [2.75, 3.05) is 0 Å². The number of carboxylic acid groups (broad SMARTS) is 1. The molecule has 0 aliphatic carbocycles. The summed E-state index contributed by atoms with van der Waals surface area (Å²) >= 11 is 0. The van der Waals surface area contributed by atoms with E-state index in [4.69, 9.17) is 5.11 Å². The SMILES string of the molecule is O=C1C=c2c(C(=O)O)cccc2=N1. The van der Waals surface area contributed by atoms with Crippen molar-refractivity contribution in [2.45, 2.75) is 0 Å². The second-order valence-electron chi connectivity index (χ2n) is 2.64. The molecule has 1 aliphatic heterocycles. The molecule has 1 heterocycles. The minimum atomic E-state index is -1.04. The van der Waals surface area contributed by atoms with Gasteiger partial charge in [0.1, 0.15) is 0 Å². The minimum absolute atomic E-state index is 0.118. The largest absolute Gasteiger partial charge is 0.478 e. The van der Waals surface area contributed by atoms with Crippen LogP contribution in [0.3, 0.4) is 0 Å². The third-order valence-electron chi connectivity index (χ3n) is 1.81. The zero-order chi connectivity index (χ0) is 9.42. The molecule has 0 bridgehead atoms. The Morgan fingerprint density at radius 2 is 2.15 bits per heavy atom. The fourth-order valence-electron chi connectivity index (χ4n) is 1.26. The van der Waals surface area contributed by atoms with Crippen LogP contribution in [-0.4, -0.2) is 17.0 Å². The molecule has 0 fully saturated rings. The number of amides is 1. The van der Waals surface area contributed by atoms with Crippen LogP contribution in [0, 0.1) is 0 Å². The van der Waals surface area contributed by atoms with Crippen molar-refractivity contribution in [3.8, 4) is 0 Å². The Balaban J connectivity index is 2.88. The van der Waals surface area contributed by atoms with Gasteiger partial charge in [-0.1, -0.05) is 6.07 Å². The van der Waals surface area contributed by atoms with Crippen LogP contribution in [0.4, 0.5) is 0 Å². The lowest BCUT2D eigenvalue weighted by molar-refractivity contribution is -0.112. The molecule has 0 radical (unpaired) electrons. The Hall–Kier alpha value is -1.97. The molecule has 4 nitrogen and oxygen atoms in total. The van der Waals surface area contributed by atoms with Gasteiger partial charge in [0.15, 0.2) is 0 Å². The highest BCUT2D eigenvalue weighted by molar-refractivity contribution is 6.07. The quantitative estimate of drug-likeness (QED) is 0.615. The number of benzene rings is 1. The maximum atomic E-state index is 10.9. The first kappa shape index (κ1) is 7.67. The van der Waals surface area contributed by atoms with Crippen LogP contribution < -0.4 is 10.6 Å². The molecule has 1 aromatic rings. The van der Waals surface area contributed by atoms with Gasteiger partial charge < -0.3 is 5.11 Å². The van der Waals surface area contributed by atoms with Gasteiger partial charge in [-0.05, 0) is 12.1 Å². The fourth-order valence-corrected chi connectivity index (χ4v) is 1.26. The number of aromatic carboxylic acids is 1. The molecule has 4 heteroatoms. The molecule has 0 saturated carbocycles. The zero-order valence-electron chi connectivity index (χ0n) is 6.52. The number of carboxylic acids is 1. The molecule has 1 amide bonds. The van der Waals surface area contributed by atoms with Gasteiger partial charge >= 0.3 is 5.97 Å². The summed E-state index contributed by atoms with van der Waals surface area (Å²) in [5, 5.41) is 9.60. The molecular formula is C9H5NO3. The van der Waals surface area contributed by atoms with Gasteiger partial charge in [-0.25, -0.2) is 9.79 Å². The first-order valence-electron chi connectivity index (χ1n) is 3.65. The molecule has 1 N–H and O–H groups in total. The molecule has 13 heavy (non-hydrogen) atoms. The summed E-state index contributed by atoms with van der Waals surface area (Å²) in [6.07, 6.45) is 1.23. The third kappa shape index (κ3) is 1.12. The number of hydrogen-bond acceptors (Lipinski definition) is 2. The second-order valence-corrected chi connectivity index (χ2v) is 2.64. The van der Waals surface area contributed by atoms with Gasteiger partial charge in [0, 0.05) is 11.3 Å². The van der Waals surface area contributed by atoms with Crippen LogP contribution in [0.5, 0.6) is 0 Å². The maximum absolute atomic E-state index is 10.9. The highest BCUT2D eigenvalue weighted by atomic mass is 16.4. The van der Waals surface area contributed by atoms with E-state index in [1.807, 2.05) is 0 Å². The molecular weight excluding hydrogens is 170 g/mol. The fraction of sp³-hybridized carbons (Fsp3) is 0. The lowest BCUT2D eigenvalue weighted by atomic mass is 10.1. The van der Waals surface area contributed by atoms with Crippen LogP contribution in [-0.2, 0) is 4.79 Å². The molecule has 1 aliphatic rings. The smallest absolute Gasteiger partial charge is 0.336 e. The summed E-state index contributed by atoms with van der Waals surface area (Å²) in [5.41, 5.74) is 0.118. The molecule has 64 valence electrons. The van der Waals surface area contributed by atoms with Gasteiger partial charge in [0.25, 0.3) is 5.91 Å². The van der Waals surface area contributed by atoms with Crippen molar-refractivity contribution in [3.63, 3.8) is 0 Å². The summed E-state index contributed by atoms with van der Waals surface area (Å²) in [6, 6.07) is 4.63. The summed E-state index contributed by atoms with van der Waals surface area (Å²) < 4.78 is 0. The highest BCUT2D eigenvalue weighted by Crippen LogP contribution is 1.92. The van der Waals surface area contributed by atoms with Crippen LogP contribution in [0.2, 0.25) is 0 Å². The molecule has 2 rings (SSSR count). The summed E-state index contributed by atoms with van der Waals surface area (Å²) in [7, 11) is 0. The molecule has 0 aromatic heterocycles. The van der Waals surface area contributed by atoms with E-state index in [-0.39, 0.29) is 5.56 Å². The third-order valence-corrected chi connectivity index (χ3v) is 1.81. The standard InChI is InChI=1S/C9H5NO3/c11-8-4-6-5(9(12)13)2-1-3-7(6)10-8/h1-4H,(H,12,13). The number of nitrogens with zero attached hydrogens (tertiary/aromatic N) is 1. The van der Waals surface area contributed by atoms with Crippen molar-refractivity contribution < 1.29 is 14.7 Å². The van der Waals surface area contributed by atoms with Crippen molar-refractivity contribution >= 4 is 18.0 Å². The van der Waals surface area contributed by atoms with Crippen molar-refractivity contribution in [1.29, 1.82) is 0 Å². The summed E-state index contributed by atoms with van der Waals surface area (Å²) in [5.74, 6) is -1.44. The lowest BCUT2D eigenvalue weighted by Gasteiger charge is -1.91. The lowest BCUT2D eigenvalue weighted by Crippen LogP contribution is -2.27. The van der Waals surface area contributed by atoms with Gasteiger partial charge in [-0.15, -0.1) is 0 Å². The Morgan fingerprint density at radius 1 is 1.38 bits per heavy atom. The topological polar surface area (TPSA) is 66.7 Å². The van der Waals surface area contributed by atoms with Crippen molar-refractivity contribution in [1.82, 2.24) is 0 Å². The van der Waals surface area contributed by atoms with E-state index in [1.165, 1.54) is 12.1 Å². The average Bonchev–Trinajstić information content (AvgIpc) is 2.43. The molecule has 0 atom stereocenters. The Bertz CT molecular complexity index is 516. The van der Waals surface area contributed by atoms with E-state index in [2.05, 4.69) is 4.99 Å². The van der Waals surface area contributed by atoms with Gasteiger partial charge in [0.2, 0.25) is 0 Å². The zero-order valence-corrected chi connectivity index (χ0v) is 6.52. The maximum Gasteiger partial charge on any atom is 0.336 e. The first-order valence-corrected chi connectivity index (χ1v) is 3.65. The van der Waals surface area contributed by atoms with E-state index >= 15 is 0 Å². The Kier molecular flexibility index (Phi) is 1.48. The van der Waals surface area contributed by atoms with E-state index in [0.717, 1.165) is 0 Å². The number of carbonyl (C=O) groups is 2. The van der Waals surface area contributed by atoms with E-state index < -0.39 is 11.9 Å². The van der Waals surface area contributed by atoms with E-state index in [1.54, 1.807) is 12.1 Å². The molecule has 0 unspecified atom stereocenters. The average molecular weight is 175 g/mol. The summed E-state index contributed by atoms with van der Waals surface area (Å²) in [4.78, 5) is 25.2. The van der Waals surface area contributed by atoms with Crippen molar-refractivity contribution in [3.05, 3.63) is 34.3 Å². The van der Waals surface area contributed by atoms with Crippen LogP contribution in [0.25, 0.3) is 6.08 Å². The van der Waals surface area contributed by atoms with Crippen LogP contribution in [0.15, 0.2) is 23.2 Å². The Morgan fingerprint density at radius 3 is 2.85 bits per heavy atom. The first-order chi connectivity index (χ1) is 6.18. The number of carbonyl (C=O) groups excluding carboxylic acids is 1. The second kappa shape index (κ2) is 2.52. The van der Waals surface area contributed by atoms with Gasteiger partial charge in [-0.3, -0.25) is 4.79 Å².